The van der Waals surface area contributed by atoms with E-state index in [0.717, 1.165) is 0 Å². The summed E-state index contributed by atoms with van der Waals surface area (Å²) in [7, 11) is 0. The summed E-state index contributed by atoms with van der Waals surface area (Å²) in [4.78, 5) is 40.7. The van der Waals surface area contributed by atoms with Gasteiger partial charge in [-0.15, -0.1) is 0 Å². The zero-order valence-electron chi connectivity index (χ0n) is 11.5. The molecule has 1 atom stereocenters. The highest BCUT2D eigenvalue weighted by Gasteiger charge is 2.40. The van der Waals surface area contributed by atoms with Crippen molar-refractivity contribution in [3.8, 4) is 0 Å². The van der Waals surface area contributed by atoms with Crippen LogP contribution in [-0.2, 0) is 9.59 Å². The van der Waals surface area contributed by atoms with Crippen LogP contribution in [0.1, 0.15) is 16.8 Å². The lowest BCUT2D eigenvalue weighted by Crippen LogP contribution is -2.32. The van der Waals surface area contributed by atoms with Crippen molar-refractivity contribution in [2.45, 2.75) is 11.7 Å². The van der Waals surface area contributed by atoms with Crippen molar-refractivity contribution >= 4 is 40.4 Å². The second-order valence-corrected chi connectivity index (χ2v) is 6.07. The molecule has 1 aromatic carbocycles. The molecule has 2 amide bonds. The maximum Gasteiger partial charge on any atom is 0.335 e. The highest BCUT2D eigenvalue weighted by Crippen LogP contribution is 2.31. The first-order valence-electron chi connectivity index (χ1n) is 6.70. The first kappa shape index (κ1) is 14.6. The van der Waals surface area contributed by atoms with Crippen molar-refractivity contribution in [3.05, 3.63) is 29.8 Å². The molecular formula is C14H13N3O4S. The largest absolute Gasteiger partial charge is 0.478 e. The van der Waals surface area contributed by atoms with E-state index in [2.05, 4.69) is 10.3 Å². The molecule has 3 rings (SSSR count). The Labute approximate surface area is 130 Å². The number of nitrogens with zero attached hydrogens (tertiary/aromatic N) is 2. The van der Waals surface area contributed by atoms with Gasteiger partial charge in [-0.2, -0.15) is 0 Å². The summed E-state index contributed by atoms with van der Waals surface area (Å²) in [5, 5.41) is 11.7. The molecule has 1 aromatic rings. The average molecular weight is 319 g/mol. The Morgan fingerprint density at radius 1 is 1.36 bits per heavy atom. The zero-order chi connectivity index (χ0) is 15.7. The van der Waals surface area contributed by atoms with E-state index in [1.54, 1.807) is 4.90 Å². The maximum atomic E-state index is 12.1. The number of carboxylic acid groups (broad SMARTS) is 1. The summed E-state index contributed by atoms with van der Waals surface area (Å²) in [5.74, 6) is -1.37. The van der Waals surface area contributed by atoms with E-state index in [9.17, 15) is 14.4 Å². The normalized spacial score (nSPS) is 19.8. The molecule has 1 saturated heterocycles. The number of carbonyl (C=O) groups is 3. The van der Waals surface area contributed by atoms with E-state index in [4.69, 9.17) is 5.11 Å². The number of hydrogen-bond donors (Lipinski definition) is 2. The second kappa shape index (κ2) is 5.80. The molecule has 0 aliphatic carbocycles. The minimum Gasteiger partial charge on any atom is -0.478 e. The van der Waals surface area contributed by atoms with Crippen molar-refractivity contribution in [3.63, 3.8) is 0 Å². The Bertz CT molecular complexity index is 671. The fraction of sp³-hybridized carbons (Fsp3) is 0.286. The molecule has 0 radical (unpaired) electrons. The minimum atomic E-state index is -1.02. The summed E-state index contributed by atoms with van der Waals surface area (Å²) in [5.41, 5.74) is 0.654. The summed E-state index contributed by atoms with van der Waals surface area (Å²) >= 11 is 1.32. The summed E-state index contributed by atoms with van der Waals surface area (Å²) in [6.07, 6.45) is 0.0691. The molecular weight excluding hydrogens is 306 g/mol. The molecule has 8 heteroatoms. The van der Waals surface area contributed by atoms with E-state index in [1.165, 1.54) is 36.0 Å². The van der Waals surface area contributed by atoms with Crippen LogP contribution >= 0.6 is 11.8 Å². The predicted octanol–water partition coefficient (Wildman–Crippen LogP) is 1.03. The van der Waals surface area contributed by atoms with Gasteiger partial charge in [0.2, 0.25) is 11.8 Å². The topological polar surface area (TPSA) is 99.1 Å². The SMILES string of the molecule is O=C(CC1SC2=NCCN2C1=O)Nc1ccc(C(=O)O)cc1. The van der Waals surface area contributed by atoms with Crippen LogP contribution in [0.4, 0.5) is 5.69 Å². The van der Waals surface area contributed by atoms with Gasteiger partial charge in [0.15, 0.2) is 5.17 Å². The van der Waals surface area contributed by atoms with Crippen LogP contribution < -0.4 is 5.32 Å². The lowest BCUT2D eigenvalue weighted by Gasteiger charge is -2.10. The molecule has 1 fully saturated rings. The second-order valence-electron chi connectivity index (χ2n) is 4.90. The number of carbonyl (C=O) groups excluding carboxylic acids is 2. The van der Waals surface area contributed by atoms with Crippen LogP contribution in [0.2, 0.25) is 0 Å². The number of rotatable bonds is 4. The van der Waals surface area contributed by atoms with E-state index in [0.29, 0.717) is 23.9 Å². The Morgan fingerprint density at radius 2 is 2.09 bits per heavy atom. The van der Waals surface area contributed by atoms with Gasteiger partial charge < -0.3 is 10.4 Å². The Balaban J connectivity index is 1.59. The van der Waals surface area contributed by atoms with Crippen molar-refractivity contribution in [1.82, 2.24) is 4.90 Å². The highest BCUT2D eigenvalue weighted by atomic mass is 32.2. The molecule has 7 nitrogen and oxygen atoms in total. The standard InChI is InChI=1S/C14H13N3O4S/c18-11(16-9-3-1-8(2-4-9)13(20)21)7-10-12(19)17-6-5-15-14(17)22-10/h1-4,10H,5-7H2,(H,16,18)(H,20,21). The molecule has 0 saturated carbocycles. The van der Waals surface area contributed by atoms with Gasteiger partial charge in [0.25, 0.3) is 0 Å². The minimum absolute atomic E-state index is 0.0691. The van der Waals surface area contributed by atoms with Gasteiger partial charge in [0, 0.05) is 18.7 Å². The first-order chi connectivity index (χ1) is 10.5. The van der Waals surface area contributed by atoms with Crippen LogP contribution in [0.3, 0.4) is 0 Å². The fourth-order valence-corrected chi connectivity index (χ4v) is 3.48. The van der Waals surface area contributed by atoms with Crippen LogP contribution in [0.25, 0.3) is 0 Å². The predicted molar refractivity (Wildman–Crippen MR) is 82.0 cm³/mol. The summed E-state index contributed by atoms with van der Waals surface area (Å²) in [6.45, 7) is 1.22. The van der Waals surface area contributed by atoms with Crippen LogP contribution in [-0.4, -0.2) is 51.3 Å². The molecule has 0 aromatic heterocycles. The summed E-state index contributed by atoms with van der Waals surface area (Å²) < 4.78 is 0. The zero-order valence-corrected chi connectivity index (χ0v) is 12.3. The monoisotopic (exact) mass is 319 g/mol. The maximum absolute atomic E-state index is 12.1. The number of aromatic carboxylic acids is 1. The number of nitrogens with one attached hydrogen (secondary N) is 1. The van der Waals surface area contributed by atoms with Crippen molar-refractivity contribution in [1.29, 1.82) is 0 Å². The molecule has 0 bridgehead atoms. The molecule has 1 unspecified atom stereocenters. The molecule has 2 aliphatic heterocycles. The average Bonchev–Trinajstić information content (AvgIpc) is 3.04. The third-order valence-electron chi connectivity index (χ3n) is 3.38. The molecule has 2 heterocycles. The quantitative estimate of drug-likeness (QED) is 0.863. The van der Waals surface area contributed by atoms with Crippen LogP contribution in [0.5, 0.6) is 0 Å². The third kappa shape index (κ3) is 2.82. The molecule has 0 spiro atoms. The smallest absolute Gasteiger partial charge is 0.335 e. The highest BCUT2D eigenvalue weighted by molar-refractivity contribution is 8.15. The van der Waals surface area contributed by atoms with Gasteiger partial charge in [-0.1, -0.05) is 11.8 Å². The Kier molecular flexibility index (Phi) is 3.84. The van der Waals surface area contributed by atoms with Gasteiger partial charge in [0.05, 0.1) is 12.1 Å². The van der Waals surface area contributed by atoms with E-state index < -0.39 is 11.2 Å². The van der Waals surface area contributed by atoms with Crippen molar-refractivity contribution in [2.24, 2.45) is 4.99 Å². The number of amidine groups is 1. The molecule has 114 valence electrons. The number of aliphatic imine (C=N–C) groups is 1. The lowest BCUT2D eigenvalue weighted by molar-refractivity contribution is -0.127. The number of amides is 2. The Hall–Kier alpha value is -2.35. The Morgan fingerprint density at radius 3 is 2.73 bits per heavy atom. The first-order valence-corrected chi connectivity index (χ1v) is 7.58. The molecule has 2 aliphatic rings. The van der Waals surface area contributed by atoms with Gasteiger partial charge in [0.1, 0.15) is 5.25 Å². The molecule has 2 N–H and O–H groups in total. The number of thioether (sulfide) groups is 1. The van der Waals surface area contributed by atoms with Crippen LogP contribution in [0.15, 0.2) is 29.3 Å². The summed E-state index contributed by atoms with van der Waals surface area (Å²) in [6, 6.07) is 5.87. The van der Waals surface area contributed by atoms with E-state index >= 15 is 0 Å². The number of hydrogen-bond acceptors (Lipinski definition) is 5. The van der Waals surface area contributed by atoms with Gasteiger partial charge in [-0.05, 0) is 24.3 Å². The van der Waals surface area contributed by atoms with Gasteiger partial charge in [-0.3, -0.25) is 19.5 Å². The van der Waals surface area contributed by atoms with Crippen molar-refractivity contribution in [2.75, 3.05) is 18.4 Å². The van der Waals surface area contributed by atoms with E-state index in [-0.39, 0.29) is 23.8 Å². The molecule has 22 heavy (non-hydrogen) atoms. The third-order valence-corrected chi connectivity index (χ3v) is 4.59. The van der Waals surface area contributed by atoms with Gasteiger partial charge >= 0.3 is 5.97 Å². The van der Waals surface area contributed by atoms with Crippen LogP contribution in [0, 0.1) is 0 Å². The number of anilines is 1. The van der Waals surface area contributed by atoms with E-state index in [1.807, 2.05) is 0 Å². The number of carboxylic acids is 1. The van der Waals surface area contributed by atoms with Crippen molar-refractivity contribution < 1.29 is 19.5 Å². The fourth-order valence-electron chi connectivity index (χ4n) is 2.29. The number of fused-ring (bicyclic) bond motifs is 1. The number of benzene rings is 1. The van der Waals surface area contributed by atoms with Gasteiger partial charge in [-0.25, -0.2) is 4.79 Å². The lowest BCUT2D eigenvalue weighted by atomic mass is 10.2.